The Hall–Kier alpha value is -2.80. The topological polar surface area (TPSA) is 39.3 Å². The van der Waals surface area contributed by atoms with Crippen LogP contribution in [0.2, 0.25) is 0 Å². The Morgan fingerprint density at radius 2 is 1.77 bits per heavy atom. The minimum absolute atomic E-state index is 0.109. The predicted octanol–water partition coefficient (Wildman–Crippen LogP) is 4.63. The summed E-state index contributed by atoms with van der Waals surface area (Å²) in [6.45, 7) is 3.12. The fourth-order valence-electron chi connectivity index (χ4n) is 3.50. The number of nitrogens with one attached hydrogen (secondary N) is 1. The number of alkyl halides is 3. The lowest BCUT2D eigenvalue weighted by Gasteiger charge is -2.25. The molecule has 0 aliphatic rings. The van der Waals surface area contributed by atoms with Crippen LogP contribution in [0, 0.1) is 6.92 Å². The molecular formula is C23H26F3N3O. The van der Waals surface area contributed by atoms with Crippen molar-refractivity contribution in [2.45, 2.75) is 26.1 Å². The molecule has 0 radical (unpaired) electrons. The van der Waals surface area contributed by atoms with Gasteiger partial charge in [0.1, 0.15) is 0 Å². The van der Waals surface area contributed by atoms with Crippen molar-refractivity contribution >= 4 is 16.8 Å². The van der Waals surface area contributed by atoms with Crippen LogP contribution in [0.3, 0.4) is 0 Å². The molecule has 160 valence electrons. The zero-order valence-corrected chi connectivity index (χ0v) is 17.4. The number of aryl methyl sites for hydroxylation is 1. The summed E-state index contributed by atoms with van der Waals surface area (Å²) in [5, 5.41) is 0.995. The lowest BCUT2D eigenvalue weighted by molar-refractivity contribution is -0.137. The third-order valence-electron chi connectivity index (χ3n) is 5.15. The van der Waals surface area contributed by atoms with Gasteiger partial charge in [0.25, 0.3) is 0 Å². The molecule has 1 aromatic heterocycles. The molecule has 0 aliphatic carbocycles. The van der Waals surface area contributed by atoms with Crippen LogP contribution < -0.4 is 0 Å². The van der Waals surface area contributed by atoms with Crippen molar-refractivity contribution in [2.75, 3.05) is 27.2 Å². The summed E-state index contributed by atoms with van der Waals surface area (Å²) >= 11 is 0. The first-order valence-electron chi connectivity index (χ1n) is 9.80. The van der Waals surface area contributed by atoms with Crippen molar-refractivity contribution in [1.29, 1.82) is 0 Å². The average molecular weight is 417 g/mol. The fraction of sp³-hybridized carbons (Fsp3) is 0.348. The molecule has 1 heterocycles. The van der Waals surface area contributed by atoms with Gasteiger partial charge in [0.05, 0.1) is 12.0 Å². The maximum Gasteiger partial charge on any atom is 0.416 e. The van der Waals surface area contributed by atoms with Gasteiger partial charge in [-0.15, -0.1) is 0 Å². The molecule has 4 nitrogen and oxygen atoms in total. The monoisotopic (exact) mass is 417 g/mol. The summed E-state index contributed by atoms with van der Waals surface area (Å²) in [6.07, 6.45) is -4.21. The Labute approximate surface area is 174 Å². The minimum Gasteiger partial charge on any atom is -0.358 e. The molecule has 0 aliphatic heterocycles. The van der Waals surface area contributed by atoms with Crippen molar-refractivity contribution in [2.24, 2.45) is 0 Å². The van der Waals surface area contributed by atoms with Crippen molar-refractivity contribution in [3.05, 3.63) is 70.9 Å². The molecule has 3 aromatic rings. The van der Waals surface area contributed by atoms with Gasteiger partial charge in [-0.2, -0.15) is 13.2 Å². The van der Waals surface area contributed by atoms with Crippen LogP contribution in [-0.4, -0.2) is 47.9 Å². The molecule has 0 bridgehead atoms. The normalized spacial score (nSPS) is 12.0. The van der Waals surface area contributed by atoms with E-state index in [0.29, 0.717) is 18.7 Å². The largest absolute Gasteiger partial charge is 0.416 e. The van der Waals surface area contributed by atoms with Crippen molar-refractivity contribution in [3.8, 4) is 0 Å². The van der Waals surface area contributed by atoms with Crippen LogP contribution in [0.15, 0.2) is 48.5 Å². The second-order valence-electron chi connectivity index (χ2n) is 7.77. The van der Waals surface area contributed by atoms with Gasteiger partial charge in [0.2, 0.25) is 5.91 Å². The number of likely N-dealkylation sites (N-methyl/N-ethyl adjacent to an activating group) is 1. The first-order valence-corrected chi connectivity index (χ1v) is 9.80. The molecule has 0 saturated carbocycles. The van der Waals surface area contributed by atoms with E-state index in [1.54, 1.807) is 11.0 Å². The van der Waals surface area contributed by atoms with Crippen molar-refractivity contribution in [1.82, 2.24) is 14.8 Å². The maximum atomic E-state index is 13.2. The van der Waals surface area contributed by atoms with Crippen LogP contribution >= 0.6 is 0 Å². The van der Waals surface area contributed by atoms with E-state index < -0.39 is 11.7 Å². The Morgan fingerprint density at radius 3 is 2.47 bits per heavy atom. The number of hydrogen-bond donors (Lipinski definition) is 1. The number of amides is 1. The molecular weight excluding hydrogens is 391 g/mol. The summed E-state index contributed by atoms with van der Waals surface area (Å²) in [7, 11) is 3.80. The average Bonchev–Trinajstić information content (AvgIpc) is 3.00. The van der Waals surface area contributed by atoms with Crippen LogP contribution in [0.1, 0.15) is 22.4 Å². The molecule has 0 unspecified atom stereocenters. The van der Waals surface area contributed by atoms with Gasteiger partial charge in [0, 0.05) is 36.2 Å². The van der Waals surface area contributed by atoms with Gasteiger partial charge in [-0.25, -0.2) is 0 Å². The van der Waals surface area contributed by atoms with Gasteiger partial charge >= 0.3 is 6.18 Å². The summed E-state index contributed by atoms with van der Waals surface area (Å²) in [4.78, 5) is 20.1. The predicted molar refractivity (Wildman–Crippen MR) is 112 cm³/mol. The third-order valence-corrected chi connectivity index (χ3v) is 5.15. The Kier molecular flexibility index (Phi) is 6.51. The maximum absolute atomic E-state index is 13.2. The van der Waals surface area contributed by atoms with Crippen molar-refractivity contribution in [3.63, 3.8) is 0 Å². The number of hydrogen-bond acceptors (Lipinski definition) is 2. The van der Waals surface area contributed by atoms with E-state index in [9.17, 15) is 18.0 Å². The molecule has 0 atom stereocenters. The summed E-state index contributed by atoms with van der Waals surface area (Å²) in [6, 6.07) is 13.0. The number of carbonyl (C=O) groups excluding carboxylic acids is 1. The van der Waals surface area contributed by atoms with E-state index in [4.69, 9.17) is 0 Å². The Balaban J connectivity index is 1.84. The summed E-state index contributed by atoms with van der Waals surface area (Å²) in [5.74, 6) is -0.109. The van der Waals surface area contributed by atoms with E-state index in [1.807, 2.05) is 50.2 Å². The quantitative estimate of drug-likeness (QED) is 0.609. The van der Waals surface area contributed by atoms with Crippen LogP contribution in [0.25, 0.3) is 10.9 Å². The highest BCUT2D eigenvalue weighted by molar-refractivity contribution is 5.90. The lowest BCUT2D eigenvalue weighted by Crippen LogP contribution is -2.37. The van der Waals surface area contributed by atoms with E-state index in [2.05, 4.69) is 4.98 Å². The summed E-state index contributed by atoms with van der Waals surface area (Å²) in [5.41, 5.74) is 2.58. The number of fused-ring (bicyclic) bond motifs is 1. The molecule has 2 aromatic carbocycles. The molecule has 1 amide bonds. The van der Waals surface area contributed by atoms with Crippen molar-refractivity contribution < 1.29 is 18.0 Å². The second-order valence-corrected chi connectivity index (χ2v) is 7.77. The fourth-order valence-corrected chi connectivity index (χ4v) is 3.50. The first kappa shape index (κ1) is 21.9. The molecule has 0 saturated heterocycles. The number of para-hydroxylation sites is 1. The molecule has 1 N–H and O–H groups in total. The summed E-state index contributed by atoms with van der Waals surface area (Å²) < 4.78 is 39.2. The van der Waals surface area contributed by atoms with E-state index in [0.717, 1.165) is 34.3 Å². The molecule has 0 fully saturated rings. The molecule has 7 heteroatoms. The molecule has 30 heavy (non-hydrogen) atoms. The van der Waals surface area contributed by atoms with Crippen LogP contribution in [0.5, 0.6) is 0 Å². The van der Waals surface area contributed by atoms with E-state index >= 15 is 0 Å². The second kappa shape index (κ2) is 8.92. The molecule has 3 rings (SSSR count). The Bertz CT molecular complexity index is 1020. The minimum atomic E-state index is -4.41. The number of nitrogens with zero attached hydrogens (tertiary/aromatic N) is 2. The smallest absolute Gasteiger partial charge is 0.358 e. The highest BCUT2D eigenvalue weighted by Gasteiger charge is 2.30. The van der Waals surface area contributed by atoms with E-state index in [1.165, 1.54) is 6.07 Å². The number of H-pyrrole nitrogens is 1. The van der Waals surface area contributed by atoms with Gasteiger partial charge in [-0.3, -0.25) is 4.79 Å². The highest BCUT2D eigenvalue weighted by Crippen LogP contribution is 2.30. The standard InChI is InChI=1S/C23H26F3N3O/c1-16-20(19-9-4-5-10-21(19)27-16)14-22(30)29(12-11-28(2)3)15-17-7-6-8-18(13-17)23(24,25)26/h4-10,13,27H,11-12,14-15H2,1-3H3. The number of carbonyl (C=O) groups is 1. The zero-order chi connectivity index (χ0) is 21.9. The zero-order valence-electron chi connectivity index (χ0n) is 17.4. The first-order chi connectivity index (χ1) is 14.1. The van der Waals surface area contributed by atoms with Crippen LogP contribution in [-0.2, 0) is 23.9 Å². The number of rotatable bonds is 7. The number of halogens is 3. The number of aromatic amines is 1. The van der Waals surface area contributed by atoms with Gasteiger partial charge < -0.3 is 14.8 Å². The van der Waals surface area contributed by atoms with Gasteiger partial charge in [-0.1, -0.05) is 30.3 Å². The number of aromatic nitrogens is 1. The SMILES string of the molecule is Cc1[nH]c2ccccc2c1CC(=O)N(CCN(C)C)Cc1cccc(C(F)(F)F)c1. The Morgan fingerprint density at radius 1 is 1.03 bits per heavy atom. The number of benzene rings is 2. The van der Waals surface area contributed by atoms with E-state index in [-0.39, 0.29) is 18.9 Å². The lowest BCUT2D eigenvalue weighted by atomic mass is 10.1. The van der Waals surface area contributed by atoms with Crippen LogP contribution in [0.4, 0.5) is 13.2 Å². The third kappa shape index (κ3) is 5.21. The van der Waals surface area contributed by atoms with Gasteiger partial charge in [0.15, 0.2) is 0 Å². The highest BCUT2D eigenvalue weighted by atomic mass is 19.4. The van der Waals surface area contributed by atoms with Gasteiger partial charge in [-0.05, 0) is 50.3 Å². The molecule has 0 spiro atoms.